The Hall–Kier alpha value is -2.57. The van der Waals surface area contributed by atoms with Gasteiger partial charge in [0.1, 0.15) is 0 Å². The molecule has 2 aliphatic heterocycles. The van der Waals surface area contributed by atoms with Crippen molar-refractivity contribution in [1.82, 2.24) is 4.90 Å². The number of ether oxygens (including phenoxy) is 1. The van der Waals surface area contributed by atoms with Crippen LogP contribution in [-0.4, -0.2) is 50.7 Å². The molecule has 176 valence electrons. The van der Waals surface area contributed by atoms with E-state index in [0.29, 0.717) is 38.5 Å². The van der Waals surface area contributed by atoms with Crippen LogP contribution in [0.3, 0.4) is 0 Å². The number of hydrogen-bond acceptors (Lipinski definition) is 5. The maximum absolute atomic E-state index is 13.5. The minimum Gasteiger partial charge on any atom is -0.384 e. The van der Waals surface area contributed by atoms with Crippen LogP contribution in [-0.2, 0) is 10.9 Å². The van der Waals surface area contributed by atoms with Gasteiger partial charge in [0.05, 0.1) is 28.7 Å². The number of carbonyl (C=O) groups excluding carboxylic acids is 1. The number of likely N-dealkylation sites (tertiary alicyclic amines) is 1. The van der Waals surface area contributed by atoms with Crippen LogP contribution >= 0.6 is 11.3 Å². The van der Waals surface area contributed by atoms with Crippen LogP contribution in [0.25, 0.3) is 0 Å². The van der Waals surface area contributed by atoms with Crippen LogP contribution in [0.15, 0.2) is 30.3 Å². The van der Waals surface area contributed by atoms with Crippen LogP contribution in [0.2, 0.25) is 0 Å². The Morgan fingerprint density at radius 3 is 2.58 bits per heavy atom. The van der Waals surface area contributed by atoms with Gasteiger partial charge in [0.25, 0.3) is 5.91 Å². The monoisotopic (exact) mass is 477 g/mol. The molecule has 1 spiro atoms. The van der Waals surface area contributed by atoms with E-state index in [0.717, 1.165) is 28.7 Å². The van der Waals surface area contributed by atoms with Gasteiger partial charge in [-0.25, -0.2) is 0 Å². The molecule has 1 atom stereocenters. The molecule has 4 rings (SSSR count). The number of piperidine rings is 1. The number of nitrogens with zero attached hydrogens (tertiary/aromatic N) is 3. The Kier molecular flexibility index (Phi) is 6.43. The average Bonchev–Trinajstić information content (AvgIpc) is 3.37. The smallest absolute Gasteiger partial charge is 0.384 e. The van der Waals surface area contributed by atoms with Crippen molar-refractivity contribution in [3.8, 4) is 6.07 Å². The van der Waals surface area contributed by atoms with Gasteiger partial charge in [0.2, 0.25) is 0 Å². The number of hydrogen-bond donors (Lipinski definition) is 0. The lowest BCUT2D eigenvalue weighted by atomic mass is 9.71. The van der Waals surface area contributed by atoms with E-state index < -0.39 is 11.7 Å². The standard InChI is InChI=1S/C24H26F3N3O2S/c1-16-3-6-21(33-16)22(31)29-9-7-23(8-10-29)15-30(13-18(23)14-32-2)19-5-4-17(12-28)20(11-19)24(25,26)27/h3-6,11,18H,7-10,13-15H2,1-2H3. The molecule has 0 aliphatic carbocycles. The summed E-state index contributed by atoms with van der Waals surface area (Å²) in [4.78, 5) is 18.6. The summed E-state index contributed by atoms with van der Waals surface area (Å²) in [6, 6.07) is 9.37. The minimum absolute atomic E-state index is 0.0444. The summed E-state index contributed by atoms with van der Waals surface area (Å²) < 4.78 is 45.9. The van der Waals surface area contributed by atoms with Gasteiger partial charge in [-0.05, 0) is 55.5 Å². The van der Waals surface area contributed by atoms with E-state index in [9.17, 15) is 18.0 Å². The Bertz CT molecular complexity index is 1070. The number of rotatable bonds is 4. The van der Waals surface area contributed by atoms with Gasteiger partial charge in [-0.3, -0.25) is 4.79 Å². The predicted molar refractivity (Wildman–Crippen MR) is 120 cm³/mol. The maximum atomic E-state index is 13.5. The van der Waals surface area contributed by atoms with Crippen molar-refractivity contribution in [1.29, 1.82) is 5.26 Å². The maximum Gasteiger partial charge on any atom is 0.417 e. The number of anilines is 1. The van der Waals surface area contributed by atoms with Crippen LogP contribution in [0, 0.1) is 29.6 Å². The fraction of sp³-hybridized carbons (Fsp3) is 0.500. The highest BCUT2D eigenvalue weighted by Gasteiger charge is 2.49. The van der Waals surface area contributed by atoms with E-state index in [1.807, 2.05) is 28.9 Å². The molecule has 0 radical (unpaired) electrons. The summed E-state index contributed by atoms with van der Waals surface area (Å²) in [7, 11) is 1.64. The summed E-state index contributed by atoms with van der Waals surface area (Å²) in [6.45, 7) is 4.90. The molecule has 2 aliphatic rings. The Morgan fingerprint density at radius 2 is 2.00 bits per heavy atom. The number of aryl methyl sites for hydroxylation is 1. The number of carbonyl (C=O) groups is 1. The number of benzene rings is 1. The molecule has 9 heteroatoms. The van der Waals surface area contributed by atoms with Gasteiger partial charge in [0.15, 0.2) is 0 Å². The Morgan fingerprint density at radius 1 is 1.27 bits per heavy atom. The van der Waals surface area contributed by atoms with E-state index in [1.165, 1.54) is 17.4 Å². The molecular weight excluding hydrogens is 451 g/mol. The van der Waals surface area contributed by atoms with Crippen molar-refractivity contribution in [2.24, 2.45) is 11.3 Å². The van der Waals surface area contributed by atoms with Crippen molar-refractivity contribution in [3.63, 3.8) is 0 Å². The molecule has 1 unspecified atom stereocenters. The van der Waals surface area contributed by atoms with Crippen LogP contribution in [0.5, 0.6) is 0 Å². The summed E-state index contributed by atoms with van der Waals surface area (Å²) >= 11 is 1.49. The normalized spacial score (nSPS) is 20.3. The first-order valence-electron chi connectivity index (χ1n) is 10.9. The molecule has 33 heavy (non-hydrogen) atoms. The minimum atomic E-state index is -4.59. The molecule has 1 amide bonds. The highest BCUT2D eigenvalue weighted by Crippen LogP contribution is 2.47. The summed E-state index contributed by atoms with van der Waals surface area (Å²) in [5.74, 6) is 0.191. The van der Waals surface area contributed by atoms with Crippen LogP contribution in [0.4, 0.5) is 18.9 Å². The molecule has 1 aromatic carbocycles. The summed E-state index contributed by atoms with van der Waals surface area (Å²) in [6.07, 6.45) is -3.04. The van der Waals surface area contributed by atoms with Gasteiger partial charge in [-0.15, -0.1) is 11.3 Å². The molecule has 0 bridgehead atoms. The molecule has 5 nitrogen and oxygen atoms in total. The SMILES string of the molecule is COCC1CN(c2ccc(C#N)c(C(F)(F)F)c2)CC12CCN(C(=O)c1ccc(C)s1)CC2. The third kappa shape index (κ3) is 4.59. The lowest BCUT2D eigenvalue weighted by Crippen LogP contribution is -2.47. The number of amides is 1. The van der Waals surface area contributed by atoms with Crippen LogP contribution < -0.4 is 4.90 Å². The van der Waals surface area contributed by atoms with Gasteiger partial charge in [-0.1, -0.05) is 0 Å². The zero-order chi connectivity index (χ0) is 23.8. The fourth-order valence-electron chi connectivity index (χ4n) is 5.15. The first kappa shape index (κ1) is 23.6. The Balaban J connectivity index is 1.53. The van der Waals surface area contributed by atoms with Crippen molar-refractivity contribution in [2.45, 2.75) is 25.9 Å². The quantitative estimate of drug-likeness (QED) is 0.625. The van der Waals surface area contributed by atoms with E-state index in [4.69, 9.17) is 10.00 Å². The zero-order valence-corrected chi connectivity index (χ0v) is 19.4. The summed E-state index contributed by atoms with van der Waals surface area (Å²) in [5.41, 5.74) is -0.945. The van der Waals surface area contributed by atoms with Gasteiger partial charge >= 0.3 is 6.18 Å². The average molecular weight is 478 g/mol. The van der Waals surface area contributed by atoms with E-state index in [1.54, 1.807) is 19.2 Å². The molecule has 2 saturated heterocycles. The fourth-order valence-corrected chi connectivity index (χ4v) is 5.98. The van der Waals surface area contributed by atoms with Crippen molar-refractivity contribution >= 4 is 22.9 Å². The van der Waals surface area contributed by atoms with Crippen molar-refractivity contribution in [3.05, 3.63) is 51.2 Å². The van der Waals surface area contributed by atoms with Gasteiger partial charge < -0.3 is 14.5 Å². The van der Waals surface area contributed by atoms with Gasteiger partial charge in [-0.2, -0.15) is 18.4 Å². The van der Waals surface area contributed by atoms with E-state index in [2.05, 4.69) is 0 Å². The summed E-state index contributed by atoms with van der Waals surface area (Å²) in [5, 5.41) is 9.09. The topological polar surface area (TPSA) is 56.6 Å². The van der Waals surface area contributed by atoms with Crippen molar-refractivity contribution in [2.75, 3.05) is 44.8 Å². The van der Waals surface area contributed by atoms with Crippen molar-refractivity contribution < 1.29 is 22.7 Å². The highest BCUT2D eigenvalue weighted by molar-refractivity contribution is 7.13. The molecule has 3 heterocycles. The second-order valence-corrected chi connectivity index (χ2v) is 10.2. The van der Waals surface area contributed by atoms with Crippen LogP contribution in [0.1, 0.15) is 38.5 Å². The zero-order valence-electron chi connectivity index (χ0n) is 18.6. The molecule has 0 N–H and O–H groups in total. The lowest BCUT2D eigenvalue weighted by molar-refractivity contribution is -0.137. The molecular formula is C24H26F3N3O2S. The molecule has 2 fully saturated rings. The Labute approximate surface area is 195 Å². The first-order chi connectivity index (χ1) is 15.7. The number of halogens is 3. The largest absolute Gasteiger partial charge is 0.417 e. The number of nitriles is 1. The predicted octanol–water partition coefficient (Wildman–Crippen LogP) is 4.95. The second kappa shape index (κ2) is 8.99. The first-order valence-corrected chi connectivity index (χ1v) is 11.7. The number of methoxy groups -OCH3 is 1. The van der Waals surface area contributed by atoms with E-state index >= 15 is 0 Å². The van der Waals surface area contributed by atoms with Gasteiger partial charge in [0, 0.05) is 49.8 Å². The number of alkyl halides is 3. The third-order valence-electron chi connectivity index (χ3n) is 6.97. The molecule has 2 aromatic rings. The second-order valence-electron chi connectivity index (χ2n) is 8.94. The third-order valence-corrected chi connectivity index (χ3v) is 7.96. The lowest BCUT2D eigenvalue weighted by Gasteiger charge is -2.42. The van der Waals surface area contributed by atoms with E-state index in [-0.39, 0.29) is 22.8 Å². The highest BCUT2D eigenvalue weighted by atomic mass is 32.1. The molecule has 0 saturated carbocycles. The molecule has 1 aromatic heterocycles. The number of thiophene rings is 1.